The SMILES string of the molecule is O=C(c1cc2ccccc2[nH]1)N1CC[C@@H](O)[C@](Cc2ccccc2)(C(=O)O)C1. The van der Waals surface area contributed by atoms with E-state index in [0.29, 0.717) is 12.2 Å². The molecule has 0 aliphatic carbocycles. The van der Waals surface area contributed by atoms with E-state index in [4.69, 9.17) is 0 Å². The molecule has 6 nitrogen and oxygen atoms in total. The molecule has 6 heteroatoms. The Hall–Kier alpha value is -3.12. The number of aliphatic carboxylic acids is 1. The van der Waals surface area contributed by atoms with Gasteiger partial charge in [-0.3, -0.25) is 9.59 Å². The molecule has 28 heavy (non-hydrogen) atoms. The molecule has 4 rings (SSSR count). The van der Waals surface area contributed by atoms with Gasteiger partial charge in [-0.15, -0.1) is 0 Å². The number of aromatic amines is 1. The topological polar surface area (TPSA) is 93.6 Å². The smallest absolute Gasteiger partial charge is 0.314 e. The van der Waals surface area contributed by atoms with Crippen molar-refractivity contribution in [2.24, 2.45) is 5.41 Å². The molecule has 0 spiro atoms. The zero-order chi connectivity index (χ0) is 19.7. The summed E-state index contributed by atoms with van der Waals surface area (Å²) in [6, 6.07) is 18.6. The van der Waals surface area contributed by atoms with Crippen LogP contribution in [0.1, 0.15) is 22.5 Å². The highest BCUT2D eigenvalue weighted by molar-refractivity contribution is 5.98. The summed E-state index contributed by atoms with van der Waals surface area (Å²) in [5.74, 6) is -1.33. The Balaban J connectivity index is 1.63. The summed E-state index contributed by atoms with van der Waals surface area (Å²) in [6.45, 7) is 0.284. The van der Waals surface area contributed by atoms with Crippen LogP contribution in [0.15, 0.2) is 60.7 Å². The molecule has 1 aliphatic rings. The van der Waals surface area contributed by atoms with E-state index >= 15 is 0 Å². The number of rotatable bonds is 4. The number of hydrogen-bond acceptors (Lipinski definition) is 3. The van der Waals surface area contributed by atoms with Crippen molar-refractivity contribution in [2.45, 2.75) is 18.9 Å². The van der Waals surface area contributed by atoms with Gasteiger partial charge in [0.05, 0.1) is 6.10 Å². The van der Waals surface area contributed by atoms with Gasteiger partial charge >= 0.3 is 5.97 Å². The Morgan fingerprint density at radius 3 is 2.54 bits per heavy atom. The lowest BCUT2D eigenvalue weighted by Crippen LogP contribution is -2.58. The second kappa shape index (κ2) is 7.13. The van der Waals surface area contributed by atoms with Gasteiger partial charge in [0.15, 0.2) is 0 Å². The highest BCUT2D eigenvalue weighted by Crippen LogP contribution is 2.35. The number of benzene rings is 2. The van der Waals surface area contributed by atoms with Crippen molar-refractivity contribution in [3.05, 3.63) is 71.9 Å². The number of aliphatic hydroxyl groups excluding tert-OH is 1. The molecule has 3 N–H and O–H groups in total. The van der Waals surface area contributed by atoms with Crippen molar-refractivity contribution in [2.75, 3.05) is 13.1 Å². The number of aliphatic hydroxyl groups is 1. The molecule has 2 aromatic carbocycles. The molecule has 0 unspecified atom stereocenters. The first-order valence-electron chi connectivity index (χ1n) is 9.32. The average molecular weight is 378 g/mol. The summed E-state index contributed by atoms with van der Waals surface area (Å²) in [7, 11) is 0. The quantitative estimate of drug-likeness (QED) is 0.651. The first-order valence-corrected chi connectivity index (χ1v) is 9.32. The predicted molar refractivity (Wildman–Crippen MR) is 105 cm³/mol. The number of fused-ring (bicyclic) bond motifs is 1. The van der Waals surface area contributed by atoms with Crippen LogP contribution in [0, 0.1) is 5.41 Å². The fourth-order valence-corrected chi connectivity index (χ4v) is 4.03. The number of nitrogens with one attached hydrogen (secondary N) is 1. The van der Waals surface area contributed by atoms with Gasteiger partial charge < -0.3 is 20.1 Å². The largest absolute Gasteiger partial charge is 0.481 e. The molecule has 2 atom stereocenters. The maximum absolute atomic E-state index is 13.1. The monoisotopic (exact) mass is 378 g/mol. The summed E-state index contributed by atoms with van der Waals surface area (Å²) < 4.78 is 0. The van der Waals surface area contributed by atoms with Gasteiger partial charge in [0, 0.05) is 24.0 Å². The van der Waals surface area contributed by atoms with Crippen LogP contribution < -0.4 is 0 Å². The van der Waals surface area contributed by atoms with Gasteiger partial charge in [0.2, 0.25) is 0 Å². The third kappa shape index (κ3) is 3.16. The number of aromatic nitrogens is 1. The standard InChI is InChI=1S/C22H22N2O4/c25-19-10-11-24(20(26)18-12-16-8-4-5-9-17(16)23-18)14-22(19,21(27)28)13-15-6-2-1-3-7-15/h1-9,12,19,23,25H,10-11,13-14H2,(H,27,28)/t19-,22-/m1/s1. The molecule has 2 heterocycles. The summed E-state index contributed by atoms with van der Waals surface area (Å²) in [5, 5.41) is 21.5. The van der Waals surface area contributed by atoms with Crippen LogP contribution in [0.3, 0.4) is 0 Å². The summed E-state index contributed by atoms with van der Waals surface area (Å²) >= 11 is 0. The van der Waals surface area contributed by atoms with Gasteiger partial charge in [0.25, 0.3) is 5.91 Å². The zero-order valence-electron chi connectivity index (χ0n) is 15.3. The number of carbonyl (C=O) groups is 2. The van der Waals surface area contributed by atoms with Crippen molar-refractivity contribution in [3.63, 3.8) is 0 Å². The highest BCUT2D eigenvalue weighted by Gasteiger charge is 2.50. The molecule has 1 aromatic heterocycles. The van der Waals surface area contributed by atoms with E-state index < -0.39 is 17.5 Å². The number of amides is 1. The molecule has 1 aliphatic heterocycles. The van der Waals surface area contributed by atoms with Crippen LogP contribution in [0.25, 0.3) is 10.9 Å². The van der Waals surface area contributed by atoms with E-state index in [0.717, 1.165) is 16.5 Å². The summed E-state index contributed by atoms with van der Waals surface area (Å²) in [5.41, 5.74) is 0.679. The van der Waals surface area contributed by atoms with Gasteiger partial charge in [-0.2, -0.15) is 0 Å². The molecule has 0 saturated carbocycles. The van der Waals surface area contributed by atoms with E-state index in [1.807, 2.05) is 54.6 Å². The zero-order valence-corrected chi connectivity index (χ0v) is 15.3. The van der Waals surface area contributed by atoms with Crippen molar-refractivity contribution < 1.29 is 19.8 Å². The van der Waals surface area contributed by atoms with Crippen molar-refractivity contribution in [1.82, 2.24) is 9.88 Å². The van der Waals surface area contributed by atoms with Gasteiger partial charge in [-0.1, -0.05) is 48.5 Å². The van der Waals surface area contributed by atoms with E-state index in [2.05, 4.69) is 4.98 Å². The van der Waals surface area contributed by atoms with E-state index in [1.54, 1.807) is 6.07 Å². The molecule has 0 bridgehead atoms. The summed E-state index contributed by atoms with van der Waals surface area (Å²) in [6.07, 6.45) is -0.622. The van der Waals surface area contributed by atoms with Crippen LogP contribution in [0.2, 0.25) is 0 Å². The minimum Gasteiger partial charge on any atom is -0.481 e. The number of carboxylic acid groups (broad SMARTS) is 1. The van der Waals surface area contributed by atoms with Crippen molar-refractivity contribution in [3.8, 4) is 0 Å². The minimum absolute atomic E-state index is 0.0351. The number of H-pyrrole nitrogens is 1. The molecule has 3 aromatic rings. The van der Waals surface area contributed by atoms with Crippen LogP contribution in [-0.2, 0) is 11.2 Å². The van der Waals surface area contributed by atoms with Crippen LogP contribution in [-0.4, -0.2) is 51.2 Å². The number of nitrogens with zero attached hydrogens (tertiary/aromatic N) is 1. The Bertz CT molecular complexity index is 981. The lowest BCUT2D eigenvalue weighted by molar-refractivity contribution is -0.161. The van der Waals surface area contributed by atoms with E-state index in [1.165, 1.54) is 4.90 Å². The lowest BCUT2D eigenvalue weighted by atomic mass is 9.72. The fourth-order valence-electron chi connectivity index (χ4n) is 4.03. The molecular weight excluding hydrogens is 356 g/mol. The normalized spacial score (nSPS) is 22.3. The van der Waals surface area contributed by atoms with Gasteiger partial charge in [-0.25, -0.2) is 0 Å². The molecular formula is C22H22N2O4. The van der Waals surface area contributed by atoms with Gasteiger partial charge in [-0.05, 0) is 30.5 Å². The number of carbonyl (C=O) groups excluding carboxylic acids is 1. The number of likely N-dealkylation sites (tertiary alicyclic amines) is 1. The Morgan fingerprint density at radius 2 is 1.82 bits per heavy atom. The summed E-state index contributed by atoms with van der Waals surface area (Å²) in [4.78, 5) is 29.9. The Kier molecular flexibility index (Phi) is 4.65. The third-order valence-corrected chi connectivity index (χ3v) is 5.62. The van der Waals surface area contributed by atoms with Crippen LogP contribution >= 0.6 is 0 Å². The highest BCUT2D eigenvalue weighted by atomic mass is 16.4. The van der Waals surface area contributed by atoms with Crippen LogP contribution in [0.4, 0.5) is 0 Å². The predicted octanol–water partition coefficient (Wildman–Crippen LogP) is 2.69. The van der Waals surface area contributed by atoms with Crippen molar-refractivity contribution >= 4 is 22.8 Å². The number of carboxylic acids is 1. The van der Waals surface area contributed by atoms with Crippen LogP contribution in [0.5, 0.6) is 0 Å². The first kappa shape index (κ1) is 18.3. The fraction of sp³-hybridized carbons (Fsp3) is 0.273. The molecule has 1 amide bonds. The van der Waals surface area contributed by atoms with Crippen molar-refractivity contribution in [1.29, 1.82) is 0 Å². The number of piperidine rings is 1. The molecule has 144 valence electrons. The molecule has 1 saturated heterocycles. The van der Waals surface area contributed by atoms with Gasteiger partial charge in [0.1, 0.15) is 11.1 Å². The third-order valence-electron chi connectivity index (χ3n) is 5.62. The maximum Gasteiger partial charge on any atom is 0.314 e. The maximum atomic E-state index is 13.1. The Labute approximate surface area is 162 Å². The minimum atomic E-state index is -1.43. The number of para-hydroxylation sites is 1. The van der Waals surface area contributed by atoms with E-state index in [9.17, 15) is 19.8 Å². The second-order valence-corrected chi connectivity index (χ2v) is 7.43. The van der Waals surface area contributed by atoms with E-state index in [-0.39, 0.29) is 25.3 Å². The molecule has 0 radical (unpaired) electrons. The lowest BCUT2D eigenvalue weighted by Gasteiger charge is -2.43. The molecule has 1 fully saturated rings. The average Bonchev–Trinajstić information content (AvgIpc) is 3.14. The first-order chi connectivity index (χ1) is 13.5. The Morgan fingerprint density at radius 1 is 1.11 bits per heavy atom. The second-order valence-electron chi connectivity index (χ2n) is 7.43. The number of hydrogen-bond donors (Lipinski definition) is 3.